The second kappa shape index (κ2) is 5.36. The molecule has 3 heterocycles. The molecule has 1 amide bonds. The average Bonchev–Trinajstić information content (AvgIpc) is 3.02. The number of aromatic nitrogens is 2. The Bertz CT molecular complexity index is 828. The van der Waals surface area contributed by atoms with Gasteiger partial charge in [0.2, 0.25) is 10.0 Å². The van der Waals surface area contributed by atoms with E-state index in [1.807, 2.05) is 29.7 Å². The zero-order valence-corrected chi connectivity index (χ0v) is 13.1. The largest absolute Gasteiger partial charge is 0.337 e. The van der Waals surface area contributed by atoms with E-state index in [1.54, 1.807) is 11.1 Å². The van der Waals surface area contributed by atoms with E-state index in [0.29, 0.717) is 30.9 Å². The molecule has 2 aromatic rings. The van der Waals surface area contributed by atoms with Crippen molar-refractivity contribution in [2.75, 3.05) is 18.8 Å². The monoisotopic (exact) mass is 322 g/mol. The van der Waals surface area contributed by atoms with E-state index in [-0.39, 0.29) is 17.6 Å². The van der Waals surface area contributed by atoms with Gasteiger partial charge >= 0.3 is 0 Å². The third-order valence-electron chi connectivity index (χ3n) is 3.86. The summed E-state index contributed by atoms with van der Waals surface area (Å²) < 4.78 is 24.1. The van der Waals surface area contributed by atoms with Crippen molar-refractivity contribution < 1.29 is 13.2 Å². The zero-order chi connectivity index (χ0) is 15.9. The van der Waals surface area contributed by atoms with Gasteiger partial charge < -0.3 is 9.30 Å². The number of sulfonamides is 1. The predicted octanol–water partition coefficient (Wildman–Crippen LogP) is 0.393. The van der Waals surface area contributed by atoms with Gasteiger partial charge in [0, 0.05) is 25.5 Å². The Morgan fingerprint density at radius 1 is 1.41 bits per heavy atom. The van der Waals surface area contributed by atoms with Crippen LogP contribution in [0, 0.1) is 12.8 Å². The number of nitrogens with zero attached hydrogens (tertiary/aromatic N) is 3. The number of carbonyl (C=O) groups excluding carboxylic acids is 1. The van der Waals surface area contributed by atoms with E-state index in [2.05, 4.69) is 4.98 Å². The summed E-state index contributed by atoms with van der Waals surface area (Å²) >= 11 is 0. The molecule has 1 aliphatic rings. The van der Waals surface area contributed by atoms with E-state index in [0.717, 1.165) is 5.56 Å². The number of imidazole rings is 1. The molecule has 0 bridgehead atoms. The predicted molar refractivity (Wildman–Crippen MR) is 81.9 cm³/mol. The van der Waals surface area contributed by atoms with E-state index in [1.165, 1.54) is 0 Å². The van der Waals surface area contributed by atoms with Crippen molar-refractivity contribution in [3.8, 4) is 0 Å². The molecule has 8 heteroatoms. The molecule has 3 rings (SSSR count). The Morgan fingerprint density at radius 3 is 2.91 bits per heavy atom. The van der Waals surface area contributed by atoms with Crippen LogP contribution in [-0.2, 0) is 10.0 Å². The summed E-state index contributed by atoms with van der Waals surface area (Å²) in [7, 11) is -3.50. The summed E-state index contributed by atoms with van der Waals surface area (Å²) in [5.74, 6) is -0.349. The zero-order valence-electron chi connectivity index (χ0n) is 12.3. The normalized spacial score (nSPS) is 19.0. The van der Waals surface area contributed by atoms with Gasteiger partial charge in [0.25, 0.3) is 5.91 Å². The molecule has 0 spiro atoms. The van der Waals surface area contributed by atoms with Crippen molar-refractivity contribution in [1.29, 1.82) is 0 Å². The smallest absolute Gasteiger partial charge is 0.274 e. The van der Waals surface area contributed by atoms with Gasteiger partial charge in [0.1, 0.15) is 11.3 Å². The first-order chi connectivity index (χ1) is 10.3. The first-order valence-electron chi connectivity index (χ1n) is 7.07. The van der Waals surface area contributed by atoms with E-state index >= 15 is 0 Å². The Labute approximate surface area is 128 Å². The van der Waals surface area contributed by atoms with Gasteiger partial charge in [-0.1, -0.05) is 6.07 Å². The van der Waals surface area contributed by atoms with Crippen LogP contribution in [0.2, 0.25) is 0 Å². The molecule has 22 heavy (non-hydrogen) atoms. The Morgan fingerprint density at radius 2 is 2.18 bits per heavy atom. The summed E-state index contributed by atoms with van der Waals surface area (Å²) in [4.78, 5) is 18.5. The van der Waals surface area contributed by atoms with Crippen molar-refractivity contribution in [3.63, 3.8) is 0 Å². The SMILES string of the molecule is Cc1ccc2nc(C(=O)N3CC[C@H](CS(N)(=O)=O)C3)cn2c1. The minimum atomic E-state index is -3.50. The van der Waals surface area contributed by atoms with E-state index in [9.17, 15) is 13.2 Å². The number of primary sulfonamides is 1. The lowest BCUT2D eigenvalue weighted by Crippen LogP contribution is -2.31. The molecule has 0 aromatic carbocycles. The Balaban J connectivity index is 1.76. The number of nitrogens with two attached hydrogens (primary N) is 1. The lowest BCUT2D eigenvalue weighted by Gasteiger charge is -2.14. The average molecular weight is 322 g/mol. The minimum absolute atomic E-state index is 0.0822. The highest BCUT2D eigenvalue weighted by atomic mass is 32.2. The second-order valence-electron chi connectivity index (χ2n) is 5.83. The van der Waals surface area contributed by atoms with E-state index in [4.69, 9.17) is 5.14 Å². The quantitative estimate of drug-likeness (QED) is 0.884. The highest BCUT2D eigenvalue weighted by Gasteiger charge is 2.30. The Hall–Kier alpha value is -1.93. The third-order valence-corrected chi connectivity index (χ3v) is 4.80. The standard InChI is InChI=1S/C14H18N4O3S/c1-10-2-3-13-16-12(8-18(13)6-10)14(19)17-5-4-11(7-17)9-22(15,20)21/h2-3,6,8,11H,4-5,7,9H2,1H3,(H2,15,20,21)/t11-/m0/s1. The van der Waals surface area contributed by atoms with Gasteiger partial charge in [0.15, 0.2) is 0 Å². The highest BCUT2D eigenvalue weighted by molar-refractivity contribution is 7.89. The number of carbonyl (C=O) groups is 1. The number of pyridine rings is 1. The van der Waals surface area contributed by atoms with Gasteiger partial charge in [-0.05, 0) is 30.9 Å². The van der Waals surface area contributed by atoms with Gasteiger partial charge in [-0.15, -0.1) is 0 Å². The summed E-state index contributed by atoms with van der Waals surface area (Å²) in [6.45, 7) is 2.91. The topological polar surface area (TPSA) is 97.8 Å². The van der Waals surface area contributed by atoms with Crippen LogP contribution in [0.5, 0.6) is 0 Å². The number of rotatable bonds is 3. The van der Waals surface area contributed by atoms with Crippen LogP contribution in [0.1, 0.15) is 22.5 Å². The number of amides is 1. The number of hydrogen-bond acceptors (Lipinski definition) is 4. The number of aryl methyl sites for hydroxylation is 1. The molecular weight excluding hydrogens is 304 g/mol. The lowest BCUT2D eigenvalue weighted by atomic mass is 10.2. The molecule has 0 saturated carbocycles. The maximum absolute atomic E-state index is 12.5. The molecule has 0 unspecified atom stereocenters. The molecule has 1 aliphatic heterocycles. The van der Waals surface area contributed by atoms with Crippen molar-refractivity contribution in [3.05, 3.63) is 35.8 Å². The number of fused-ring (bicyclic) bond motifs is 1. The van der Waals surface area contributed by atoms with Gasteiger partial charge in [-0.2, -0.15) is 0 Å². The second-order valence-corrected chi connectivity index (χ2v) is 7.49. The van der Waals surface area contributed by atoms with Crippen LogP contribution in [0.15, 0.2) is 24.5 Å². The summed E-state index contributed by atoms with van der Waals surface area (Å²) in [6, 6.07) is 3.80. The van der Waals surface area contributed by atoms with Crippen LogP contribution < -0.4 is 5.14 Å². The van der Waals surface area contributed by atoms with Crippen LogP contribution in [-0.4, -0.2) is 47.5 Å². The van der Waals surface area contributed by atoms with Gasteiger partial charge in [-0.3, -0.25) is 4.79 Å². The summed E-state index contributed by atoms with van der Waals surface area (Å²) in [5, 5.41) is 5.07. The van der Waals surface area contributed by atoms with Crippen LogP contribution in [0.4, 0.5) is 0 Å². The first kappa shape index (κ1) is 15.0. The minimum Gasteiger partial charge on any atom is -0.337 e. The van der Waals surface area contributed by atoms with Crippen LogP contribution in [0.25, 0.3) is 5.65 Å². The van der Waals surface area contributed by atoms with Crippen LogP contribution in [0.3, 0.4) is 0 Å². The van der Waals surface area contributed by atoms with Gasteiger partial charge in [0.05, 0.1) is 5.75 Å². The van der Waals surface area contributed by atoms with E-state index < -0.39 is 10.0 Å². The molecule has 1 saturated heterocycles. The fraction of sp³-hybridized carbons (Fsp3) is 0.429. The van der Waals surface area contributed by atoms with Crippen molar-refractivity contribution in [2.45, 2.75) is 13.3 Å². The van der Waals surface area contributed by atoms with Crippen molar-refractivity contribution >= 4 is 21.6 Å². The number of hydrogen-bond donors (Lipinski definition) is 1. The molecule has 2 aromatic heterocycles. The molecule has 0 aliphatic carbocycles. The fourth-order valence-electron chi connectivity index (χ4n) is 2.85. The summed E-state index contributed by atoms with van der Waals surface area (Å²) in [6.07, 6.45) is 4.26. The van der Waals surface area contributed by atoms with Gasteiger partial charge in [-0.25, -0.2) is 18.5 Å². The maximum atomic E-state index is 12.5. The van der Waals surface area contributed by atoms with Crippen molar-refractivity contribution in [2.24, 2.45) is 11.1 Å². The maximum Gasteiger partial charge on any atom is 0.274 e. The number of likely N-dealkylation sites (tertiary alicyclic amines) is 1. The molecule has 1 fully saturated rings. The molecule has 1 atom stereocenters. The molecular formula is C14H18N4O3S. The first-order valence-corrected chi connectivity index (χ1v) is 8.78. The van der Waals surface area contributed by atoms with Crippen LogP contribution >= 0.6 is 0 Å². The molecule has 2 N–H and O–H groups in total. The Kier molecular flexibility index (Phi) is 3.65. The molecule has 0 radical (unpaired) electrons. The molecule has 7 nitrogen and oxygen atoms in total. The third kappa shape index (κ3) is 3.12. The fourth-order valence-corrected chi connectivity index (χ4v) is 3.78. The highest BCUT2D eigenvalue weighted by Crippen LogP contribution is 2.20. The molecule has 118 valence electrons. The van der Waals surface area contributed by atoms with Crippen molar-refractivity contribution in [1.82, 2.24) is 14.3 Å². The lowest BCUT2D eigenvalue weighted by molar-refractivity contribution is 0.0783. The summed E-state index contributed by atoms with van der Waals surface area (Å²) in [5.41, 5.74) is 2.18.